The van der Waals surface area contributed by atoms with E-state index in [-0.39, 0.29) is 28.6 Å². The Hall–Kier alpha value is -4.34. The molecule has 0 radical (unpaired) electrons. The number of hydrogen-bond donors (Lipinski definition) is 0. The standard InChI is InChI=1S/C27H18F5NO4/c1-12-6-15(36-11-17-22(28)24(30)26(32)25(31)23(17)29)9-19-21(12)27(34)20(37-19)7-13-10-33(2)18-5-4-14(35-3)8-16(13)18/h4-10H,11H2,1-3H3/b20-7-. The van der Waals surface area contributed by atoms with E-state index in [4.69, 9.17) is 14.2 Å². The van der Waals surface area contributed by atoms with Crippen LogP contribution >= 0.6 is 0 Å². The SMILES string of the molecule is COc1ccc2c(c1)c(/C=C1\Oc3cc(OCc4c(F)c(F)c(F)c(F)c4F)cc(C)c3C1=O)cn2C. The summed E-state index contributed by atoms with van der Waals surface area (Å²) in [5.74, 6) is -9.84. The number of methoxy groups -OCH3 is 1. The van der Waals surface area contributed by atoms with E-state index in [0.29, 0.717) is 16.9 Å². The van der Waals surface area contributed by atoms with Crippen molar-refractivity contribution >= 4 is 22.8 Å². The Morgan fingerprint density at radius 2 is 1.62 bits per heavy atom. The molecule has 5 nitrogen and oxygen atoms in total. The molecule has 190 valence electrons. The fourth-order valence-corrected chi connectivity index (χ4v) is 4.28. The maximum Gasteiger partial charge on any atom is 0.232 e. The van der Waals surface area contributed by atoms with Crippen LogP contribution < -0.4 is 14.2 Å². The summed E-state index contributed by atoms with van der Waals surface area (Å²) in [4.78, 5) is 13.1. The monoisotopic (exact) mass is 515 g/mol. The van der Waals surface area contributed by atoms with Gasteiger partial charge in [0.2, 0.25) is 11.6 Å². The van der Waals surface area contributed by atoms with Gasteiger partial charge in [0.25, 0.3) is 0 Å². The number of allylic oxidation sites excluding steroid dienone is 1. The van der Waals surface area contributed by atoms with Gasteiger partial charge in [-0.2, -0.15) is 0 Å². The molecule has 4 aromatic rings. The van der Waals surface area contributed by atoms with Crippen LogP contribution in [0.1, 0.15) is 27.0 Å². The first-order valence-electron chi connectivity index (χ1n) is 11.0. The number of aryl methyl sites for hydroxylation is 2. The maximum atomic E-state index is 14.0. The molecule has 0 atom stereocenters. The highest BCUT2D eigenvalue weighted by atomic mass is 19.2. The highest BCUT2D eigenvalue weighted by Gasteiger charge is 2.31. The van der Waals surface area contributed by atoms with Crippen molar-refractivity contribution in [3.63, 3.8) is 0 Å². The van der Waals surface area contributed by atoms with Crippen molar-refractivity contribution in [3.05, 3.63) is 93.6 Å². The number of halogens is 5. The third-order valence-corrected chi connectivity index (χ3v) is 6.14. The van der Waals surface area contributed by atoms with Crippen LogP contribution in [0.2, 0.25) is 0 Å². The van der Waals surface area contributed by atoms with Crippen molar-refractivity contribution in [2.24, 2.45) is 7.05 Å². The number of nitrogens with zero attached hydrogens (tertiary/aromatic N) is 1. The van der Waals surface area contributed by atoms with Crippen LogP contribution in [-0.2, 0) is 13.7 Å². The molecule has 10 heteroatoms. The molecule has 2 heterocycles. The van der Waals surface area contributed by atoms with Gasteiger partial charge in [0.1, 0.15) is 23.9 Å². The van der Waals surface area contributed by atoms with Gasteiger partial charge in [0, 0.05) is 35.8 Å². The van der Waals surface area contributed by atoms with E-state index in [0.717, 1.165) is 10.9 Å². The number of benzene rings is 3. The summed E-state index contributed by atoms with van der Waals surface area (Å²) in [5.41, 5.74) is 1.23. The summed E-state index contributed by atoms with van der Waals surface area (Å²) in [6.07, 6.45) is 3.43. The molecular weight excluding hydrogens is 497 g/mol. The largest absolute Gasteiger partial charge is 0.497 e. The first kappa shape index (κ1) is 24.4. The zero-order valence-electron chi connectivity index (χ0n) is 19.7. The van der Waals surface area contributed by atoms with Gasteiger partial charge in [-0.3, -0.25) is 4.79 Å². The molecule has 0 N–H and O–H groups in total. The number of fused-ring (bicyclic) bond motifs is 2. The summed E-state index contributed by atoms with van der Waals surface area (Å²) in [6.45, 7) is 0.676. The average molecular weight is 515 g/mol. The van der Waals surface area contributed by atoms with Gasteiger partial charge < -0.3 is 18.8 Å². The van der Waals surface area contributed by atoms with E-state index in [1.54, 1.807) is 20.1 Å². The summed E-state index contributed by atoms with van der Waals surface area (Å²) in [5, 5.41) is 0.838. The molecule has 0 saturated heterocycles. The minimum absolute atomic E-state index is 0.0177. The van der Waals surface area contributed by atoms with E-state index in [1.165, 1.54) is 12.1 Å². The van der Waals surface area contributed by atoms with Crippen LogP contribution in [0.4, 0.5) is 22.0 Å². The van der Waals surface area contributed by atoms with Gasteiger partial charge in [0.05, 0.1) is 18.2 Å². The van der Waals surface area contributed by atoms with E-state index in [9.17, 15) is 26.7 Å². The fourth-order valence-electron chi connectivity index (χ4n) is 4.28. The molecular formula is C27H18F5NO4. The average Bonchev–Trinajstić information content (AvgIpc) is 3.37. The molecule has 5 rings (SSSR count). The number of ketones is 1. The van der Waals surface area contributed by atoms with E-state index in [2.05, 4.69) is 0 Å². The first-order chi connectivity index (χ1) is 17.6. The van der Waals surface area contributed by atoms with Crippen LogP contribution in [0.25, 0.3) is 17.0 Å². The zero-order valence-corrected chi connectivity index (χ0v) is 19.7. The number of aromatic nitrogens is 1. The molecule has 3 aromatic carbocycles. The lowest BCUT2D eigenvalue weighted by atomic mass is 10.0. The van der Waals surface area contributed by atoms with Crippen LogP contribution in [0.15, 0.2) is 42.3 Å². The number of carbonyl (C=O) groups excluding carboxylic acids is 1. The molecule has 1 aromatic heterocycles. The number of ether oxygens (including phenoxy) is 3. The minimum Gasteiger partial charge on any atom is -0.497 e. The lowest BCUT2D eigenvalue weighted by molar-refractivity contribution is 0.101. The van der Waals surface area contributed by atoms with Gasteiger partial charge in [-0.15, -0.1) is 0 Å². The second-order valence-electron chi connectivity index (χ2n) is 8.47. The molecule has 1 aliphatic rings. The summed E-state index contributed by atoms with van der Waals surface area (Å²) >= 11 is 0. The molecule has 1 aliphatic heterocycles. The predicted octanol–water partition coefficient (Wildman–Crippen LogP) is 6.39. The maximum absolute atomic E-state index is 14.0. The van der Waals surface area contributed by atoms with Gasteiger partial charge in [-0.1, -0.05) is 0 Å². The smallest absolute Gasteiger partial charge is 0.232 e. The Balaban J connectivity index is 1.45. The second kappa shape index (κ2) is 8.95. The second-order valence-corrected chi connectivity index (χ2v) is 8.47. The quantitative estimate of drug-likeness (QED) is 0.134. The Bertz CT molecular complexity index is 1610. The Morgan fingerprint density at radius 1 is 0.946 bits per heavy atom. The van der Waals surface area contributed by atoms with Crippen molar-refractivity contribution < 1.29 is 41.0 Å². The highest BCUT2D eigenvalue weighted by molar-refractivity contribution is 6.16. The summed E-state index contributed by atoms with van der Waals surface area (Å²) in [7, 11) is 3.41. The Labute approximate surface area is 207 Å². The van der Waals surface area contributed by atoms with Crippen molar-refractivity contribution in [3.8, 4) is 17.2 Å². The number of Topliss-reactive ketones (excluding diaryl/α,β-unsaturated/α-hetero) is 1. The van der Waals surface area contributed by atoms with E-state index >= 15 is 0 Å². The predicted molar refractivity (Wildman–Crippen MR) is 124 cm³/mol. The number of carbonyl (C=O) groups is 1. The topological polar surface area (TPSA) is 49.7 Å². The Kier molecular flexibility index (Phi) is 5.89. The molecule has 0 fully saturated rings. The van der Waals surface area contributed by atoms with Crippen LogP contribution in [0, 0.1) is 36.0 Å². The molecule has 0 aliphatic carbocycles. The lowest BCUT2D eigenvalue weighted by Crippen LogP contribution is -2.10. The van der Waals surface area contributed by atoms with E-state index in [1.807, 2.05) is 36.0 Å². The van der Waals surface area contributed by atoms with Crippen LogP contribution in [0.5, 0.6) is 17.2 Å². The van der Waals surface area contributed by atoms with Crippen LogP contribution in [0.3, 0.4) is 0 Å². The van der Waals surface area contributed by atoms with Crippen molar-refractivity contribution in [1.29, 1.82) is 0 Å². The van der Waals surface area contributed by atoms with Gasteiger partial charge in [0.15, 0.2) is 29.0 Å². The highest BCUT2D eigenvalue weighted by Crippen LogP contribution is 2.39. The zero-order chi connectivity index (χ0) is 26.6. The fraction of sp³-hybridized carbons (Fsp3) is 0.148. The van der Waals surface area contributed by atoms with Crippen molar-refractivity contribution in [1.82, 2.24) is 4.57 Å². The summed E-state index contributed by atoms with van der Waals surface area (Å²) < 4.78 is 86.5. The van der Waals surface area contributed by atoms with Crippen LogP contribution in [-0.4, -0.2) is 17.5 Å². The molecule has 0 amide bonds. The molecule has 0 bridgehead atoms. The van der Waals surface area contributed by atoms with Gasteiger partial charge in [-0.05, 0) is 42.8 Å². The van der Waals surface area contributed by atoms with Crippen molar-refractivity contribution in [2.75, 3.05) is 7.11 Å². The molecule has 0 unspecified atom stereocenters. The summed E-state index contributed by atoms with van der Waals surface area (Å²) in [6, 6.07) is 8.28. The molecule has 0 spiro atoms. The van der Waals surface area contributed by atoms with E-state index < -0.39 is 41.3 Å². The minimum atomic E-state index is -2.25. The number of hydrogen-bond acceptors (Lipinski definition) is 4. The Morgan fingerprint density at radius 3 is 2.30 bits per heavy atom. The molecule has 37 heavy (non-hydrogen) atoms. The van der Waals surface area contributed by atoms with Crippen molar-refractivity contribution in [2.45, 2.75) is 13.5 Å². The number of rotatable bonds is 5. The first-order valence-corrected chi connectivity index (χ1v) is 11.0. The lowest BCUT2D eigenvalue weighted by Gasteiger charge is -2.11. The molecule has 0 saturated carbocycles. The normalized spacial score (nSPS) is 13.8. The third kappa shape index (κ3) is 3.98. The third-order valence-electron chi connectivity index (χ3n) is 6.14. The van der Waals surface area contributed by atoms with Gasteiger partial charge >= 0.3 is 0 Å². The van der Waals surface area contributed by atoms with Gasteiger partial charge in [-0.25, -0.2) is 22.0 Å².